The Balaban J connectivity index is 1.46. The van der Waals surface area contributed by atoms with E-state index >= 15 is 0 Å². The fourth-order valence-electron chi connectivity index (χ4n) is 6.84. The molecule has 0 fully saturated rings. The molecule has 1 atom stereocenters. The molecule has 0 saturated heterocycles. The molecule has 0 N–H and O–H groups in total. The number of hydrogen-bond acceptors (Lipinski definition) is 1. The predicted octanol–water partition coefficient (Wildman–Crippen LogP) is 10.2. The van der Waals surface area contributed by atoms with Gasteiger partial charge in [0.15, 0.2) is 0 Å². The lowest BCUT2D eigenvalue weighted by Crippen LogP contribution is -2.26. The highest BCUT2D eigenvalue weighted by Crippen LogP contribution is 2.63. The van der Waals surface area contributed by atoms with Crippen LogP contribution in [0.15, 0.2) is 146 Å². The molecule has 2 aliphatic carbocycles. The second-order valence-electron chi connectivity index (χ2n) is 10.3. The van der Waals surface area contributed by atoms with Crippen LogP contribution < -0.4 is 4.90 Å². The van der Waals surface area contributed by atoms with E-state index in [0.717, 1.165) is 22.1 Å². The molecule has 39 heavy (non-hydrogen) atoms. The zero-order chi connectivity index (χ0) is 26.0. The van der Waals surface area contributed by atoms with Gasteiger partial charge in [0, 0.05) is 22.1 Å². The van der Waals surface area contributed by atoms with Gasteiger partial charge in [0.2, 0.25) is 0 Å². The second kappa shape index (κ2) is 8.46. The third-order valence-corrected chi connectivity index (χ3v) is 8.56. The molecule has 6 aromatic rings. The highest BCUT2D eigenvalue weighted by Gasteiger charge is 2.51. The topological polar surface area (TPSA) is 3.24 Å². The number of fused-ring (bicyclic) bond motifs is 10. The number of anilines is 3. The molecule has 2 aliphatic rings. The van der Waals surface area contributed by atoms with Gasteiger partial charge in [0.1, 0.15) is 0 Å². The normalized spacial score (nSPS) is 15.9. The lowest BCUT2D eigenvalue weighted by molar-refractivity contribution is 0.793. The fourth-order valence-corrected chi connectivity index (χ4v) is 7.01. The van der Waals surface area contributed by atoms with Crippen molar-refractivity contribution in [3.8, 4) is 22.3 Å². The van der Waals surface area contributed by atoms with Crippen LogP contribution in [-0.4, -0.2) is 0 Å². The van der Waals surface area contributed by atoms with Crippen molar-refractivity contribution in [2.24, 2.45) is 0 Å². The quantitative estimate of drug-likeness (QED) is 0.225. The van der Waals surface area contributed by atoms with E-state index in [4.69, 9.17) is 11.6 Å². The Kier molecular flexibility index (Phi) is 4.86. The molecular formula is C37H24ClN. The van der Waals surface area contributed by atoms with Crippen LogP contribution >= 0.6 is 11.6 Å². The van der Waals surface area contributed by atoms with Crippen LogP contribution in [0.1, 0.15) is 22.3 Å². The predicted molar refractivity (Wildman–Crippen MR) is 162 cm³/mol. The highest BCUT2D eigenvalue weighted by atomic mass is 35.5. The molecule has 184 valence electrons. The molecule has 1 unspecified atom stereocenters. The monoisotopic (exact) mass is 517 g/mol. The molecule has 2 heteroatoms. The van der Waals surface area contributed by atoms with Gasteiger partial charge in [-0.2, -0.15) is 0 Å². The van der Waals surface area contributed by atoms with E-state index in [1.807, 2.05) is 6.07 Å². The van der Waals surface area contributed by atoms with Gasteiger partial charge in [-0.05, 0) is 93.0 Å². The molecule has 8 rings (SSSR count). The summed E-state index contributed by atoms with van der Waals surface area (Å²) in [5.74, 6) is 0. The minimum absolute atomic E-state index is 0.433. The third kappa shape index (κ3) is 3.08. The number of nitrogens with zero attached hydrogens (tertiary/aromatic N) is 1. The first kappa shape index (κ1) is 22.4. The summed E-state index contributed by atoms with van der Waals surface area (Å²) in [5.41, 5.74) is 13.2. The van der Waals surface area contributed by atoms with E-state index in [-0.39, 0.29) is 0 Å². The molecule has 0 amide bonds. The number of halogens is 1. The molecule has 0 bridgehead atoms. The maximum absolute atomic E-state index is 6.72. The van der Waals surface area contributed by atoms with Crippen LogP contribution in [0.4, 0.5) is 17.1 Å². The first-order valence-electron chi connectivity index (χ1n) is 13.3. The number of para-hydroxylation sites is 2. The van der Waals surface area contributed by atoms with Gasteiger partial charge in [0.25, 0.3) is 0 Å². The van der Waals surface area contributed by atoms with Crippen LogP contribution in [0, 0.1) is 0 Å². The molecule has 0 saturated carbocycles. The first-order valence-corrected chi connectivity index (χ1v) is 13.7. The van der Waals surface area contributed by atoms with Gasteiger partial charge >= 0.3 is 0 Å². The average molecular weight is 518 g/mol. The van der Waals surface area contributed by atoms with Crippen LogP contribution in [0.3, 0.4) is 0 Å². The van der Waals surface area contributed by atoms with E-state index in [2.05, 4.69) is 144 Å². The first-order chi connectivity index (χ1) is 19.3. The Morgan fingerprint density at radius 3 is 1.44 bits per heavy atom. The van der Waals surface area contributed by atoms with Crippen LogP contribution in [0.25, 0.3) is 22.3 Å². The van der Waals surface area contributed by atoms with E-state index < -0.39 is 5.41 Å². The van der Waals surface area contributed by atoms with Crippen molar-refractivity contribution in [2.45, 2.75) is 5.41 Å². The van der Waals surface area contributed by atoms with Crippen molar-refractivity contribution in [3.05, 3.63) is 173 Å². The maximum Gasteiger partial charge on any atom is 0.0726 e. The van der Waals surface area contributed by atoms with Gasteiger partial charge in [-0.3, -0.25) is 0 Å². The number of benzene rings is 6. The molecular weight excluding hydrogens is 494 g/mol. The van der Waals surface area contributed by atoms with Crippen molar-refractivity contribution in [1.82, 2.24) is 0 Å². The summed E-state index contributed by atoms with van der Waals surface area (Å²) in [6.07, 6.45) is 0. The maximum atomic E-state index is 6.72. The lowest BCUT2D eigenvalue weighted by Gasteiger charge is -2.32. The molecule has 1 nitrogen and oxygen atoms in total. The molecule has 6 aromatic carbocycles. The Morgan fingerprint density at radius 2 is 0.846 bits per heavy atom. The lowest BCUT2D eigenvalue weighted by atomic mass is 9.70. The summed E-state index contributed by atoms with van der Waals surface area (Å²) < 4.78 is 0. The zero-order valence-electron chi connectivity index (χ0n) is 21.2. The largest absolute Gasteiger partial charge is 0.310 e. The minimum atomic E-state index is -0.433. The average Bonchev–Trinajstić information content (AvgIpc) is 3.45. The van der Waals surface area contributed by atoms with Gasteiger partial charge in [-0.1, -0.05) is 109 Å². The van der Waals surface area contributed by atoms with Gasteiger partial charge in [-0.15, -0.1) is 0 Å². The van der Waals surface area contributed by atoms with Crippen molar-refractivity contribution in [2.75, 3.05) is 4.90 Å². The second-order valence-corrected chi connectivity index (χ2v) is 10.7. The van der Waals surface area contributed by atoms with Crippen molar-refractivity contribution in [1.29, 1.82) is 0 Å². The smallest absolute Gasteiger partial charge is 0.0726 e. The standard InChI is InChI=1S/C37H24ClN/c38-25-19-21-31-29-15-7-9-17-33(29)37(35(31)23-25)34-18-10-8-16-30(34)32-22-20-28(24-36(32)37)39(26-11-3-1-4-12-26)27-13-5-2-6-14-27/h1-24H. The van der Waals surface area contributed by atoms with E-state index in [9.17, 15) is 0 Å². The van der Waals surface area contributed by atoms with Gasteiger partial charge in [-0.25, -0.2) is 0 Å². The highest BCUT2D eigenvalue weighted by molar-refractivity contribution is 6.30. The minimum Gasteiger partial charge on any atom is -0.310 e. The summed E-state index contributed by atoms with van der Waals surface area (Å²) in [6.45, 7) is 0. The molecule has 0 radical (unpaired) electrons. The zero-order valence-corrected chi connectivity index (χ0v) is 21.9. The van der Waals surface area contributed by atoms with Crippen LogP contribution in [0.5, 0.6) is 0 Å². The number of hydrogen-bond donors (Lipinski definition) is 0. The Morgan fingerprint density at radius 1 is 0.385 bits per heavy atom. The Hall–Kier alpha value is -4.59. The summed E-state index contributed by atoms with van der Waals surface area (Å²) in [4.78, 5) is 2.34. The van der Waals surface area contributed by atoms with Crippen LogP contribution in [0.2, 0.25) is 5.02 Å². The SMILES string of the molecule is Clc1ccc2c(c1)C1(c3ccccc3-2)c2ccccc2-c2ccc(N(c3ccccc3)c3ccccc3)cc21. The van der Waals surface area contributed by atoms with Crippen LogP contribution in [-0.2, 0) is 5.41 Å². The Labute approximate surface area is 233 Å². The summed E-state index contributed by atoms with van der Waals surface area (Å²) in [5, 5.41) is 0.762. The number of rotatable bonds is 3. The van der Waals surface area contributed by atoms with E-state index in [0.29, 0.717) is 0 Å². The van der Waals surface area contributed by atoms with E-state index in [1.54, 1.807) is 0 Å². The molecule has 1 spiro atoms. The van der Waals surface area contributed by atoms with Crippen molar-refractivity contribution < 1.29 is 0 Å². The summed E-state index contributed by atoms with van der Waals surface area (Å²) in [6, 6.07) is 52.3. The third-order valence-electron chi connectivity index (χ3n) is 8.32. The van der Waals surface area contributed by atoms with E-state index in [1.165, 1.54) is 44.5 Å². The molecule has 0 aromatic heterocycles. The van der Waals surface area contributed by atoms with Gasteiger partial charge in [0.05, 0.1) is 5.41 Å². The molecule has 0 heterocycles. The van der Waals surface area contributed by atoms with Crippen molar-refractivity contribution in [3.63, 3.8) is 0 Å². The Bertz CT molecular complexity index is 1820. The summed E-state index contributed by atoms with van der Waals surface area (Å²) in [7, 11) is 0. The fraction of sp³-hybridized carbons (Fsp3) is 0.0270. The summed E-state index contributed by atoms with van der Waals surface area (Å²) >= 11 is 6.72. The van der Waals surface area contributed by atoms with Crippen molar-refractivity contribution >= 4 is 28.7 Å². The molecule has 0 aliphatic heterocycles. The van der Waals surface area contributed by atoms with Gasteiger partial charge < -0.3 is 4.90 Å².